The Morgan fingerprint density at radius 1 is 1.12 bits per heavy atom. The van der Waals surface area contributed by atoms with Crippen LogP contribution in [-0.2, 0) is 11.2 Å². The van der Waals surface area contributed by atoms with Crippen LogP contribution in [-0.4, -0.2) is 64.2 Å². The third-order valence-electron chi connectivity index (χ3n) is 5.77. The van der Waals surface area contributed by atoms with E-state index in [2.05, 4.69) is 31.1 Å². The zero-order valence-electron chi connectivity index (χ0n) is 18.3. The molecule has 9 nitrogen and oxygen atoms in total. The molecule has 0 radical (unpaired) electrons. The maximum absolute atomic E-state index is 12.7. The van der Waals surface area contributed by atoms with Crippen LogP contribution in [0.25, 0.3) is 21.6 Å². The first-order valence-electron chi connectivity index (χ1n) is 10.9. The number of anilines is 1. The monoisotopic (exact) mass is 464 g/mol. The molecule has 1 aliphatic rings. The van der Waals surface area contributed by atoms with Gasteiger partial charge >= 0.3 is 0 Å². The molecule has 1 fully saturated rings. The number of aromatic nitrogens is 4. The summed E-state index contributed by atoms with van der Waals surface area (Å²) in [5, 5.41) is 7.16. The van der Waals surface area contributed by atoms with Gasteiger partial charge in [-0.15, -0.1) is 11.3 Å². The first-order valence-corrected chi connectivity index (χ1v) is 11.8. The second-order valence-corrected chi connectivity index (χ2v) is 8.69. The Morgan fingerprint density at radius 2 is 1.94 bits per heavy atom. The van der Waals surface area contributed by atoms with Gasteiger partial charge in [0.15, 0.2) is 0 Å². The number of hydrogen-bond donors (Lipinski definition) is 0. The summed E-state index contributed by atoms with van der Waals surface area (Å²) in [7, 11) is 1.63. The van der Waals surface area contributed by atoms with Gasteiger partial charge in [0.25, 0.3) is 0 Å². The molecule has 4 heterocycles. The van der Waals surface area contributed by atoms with Gasteiger partial charge in [0.05, 0.1) is 12.5 Å². The zero-order valence-corrected chi connectivity index (χ0v) is 19.1. The number of hydrogen-bond acceptors (Lipinski definition) is 9. The van der Waals surface area contributed by atoms with Crippen LogP contribution in [0.15, 0.2) is 46.6 Å². The van der Waals surface area contributed by atoms with Crippen molar-refractivity contribution in [2.45, 2.75) is 19.3 Å². The molecule has 170 valence electrons. The number of fused-ring (bicyclic) bond motifs is 1. The number of nitrogens with zero attached hydrogens (tertiary/aromatic N) is 6. The number of amides is 1. The fourth-order valence-corrected chi connectivity index (χ4v) is 4.69. The van der Waals surface area contributed by atoms with Crippen LogP contribution in [0, 0.1) is 0 Å². The highest BCUT2D eigenvalue weighted by Crippen LogP contribution is 2.27. The molecule has 0 bridgehead atoms. The minimum Gasteiger partial charge on any atom is -0.497 e. The van der Waals surface area contributed by atoms with Crippen LogP contribution in [0.1, 0.15) is 18.7 Å². The van der Waals surface area contributed by atoms with Gasteiger partial charge in [-0.1, -0.05) is 5.16 Å². The molecule has 1 amide bonds. The number of benzene rings is 1. The van der Waals surface area contributed by atoms with Gasteiger partial charge in [-0.2, -0.15) is 4.98 Å². The van der Waals surface area contributed by atoms with E-state index < -0.39 is 0 Å². The van der Waals surface area contributed by atoms with Crippen molar-refractivity contribution in [2.24, 2.45) is 0 Å². The molecule has 1 aliphatic heterocycles. The first kappa shape index (κ1) is 21.3. The van der Waals surface area contributed by atoms with E-state index in [4.69, 9.17) is 9.26 Å². The highest BCUT2D eigenvalue weighted by atomic mass is 32.1. The SMILES string of the molecule is COc1ccc(-c2noc(CCCC(=O)N3CCN(c4ncnc5sccc45)CC3)n2)cc1. The van der Waals surface area contributed by atoms with Gasteiger partial charge in [0, 0.05) is 44.6 Å². The number of aryl methyl sites for hydroxylation is 1. The topological polar surface area (TPSA) is 97.5 Å². The number of piperazine rings is 1. The largest absolute Gasteiger partial charge is 0.497 e. The molecule has 1 aromatic carbocycles. The zero-order chi connectivity index (χ0) is 22.6. The van der Waals surface area contributed by atoms with E-state index in [1.807, 2.05) is 34.5 Å². The Morgan fingerprint density at radius 3 is 2.73 bits per heavy atom. The molecule has 0 saturated carbocycles. The van der Waals surface area contributed by atoms with Crippen molar-refractivity contribution in [3.8, 4) is 17.1 Å². The van der Waals surface area contributed by atoms with E-state index >= 15 is 0 Å². The summed E-state index contributed by atoms with van der Waals surface area (Å²) in [5.74, 6) is 2.98. The fraction of sp³-hybridized carbons (Fsp3) is 0.348. The molecule has 10 heteroatoms. The molecular formula is C23H24N6O3S. The second kappa shape index (κ2) is 9.53. The number of methoxy groups -OCH3 is 1. The van der Waals surface area contributed by atoms with E-state index in [-0.39, 0.29) is 5.91 Å². The van der Waals surface area contributed by atoms with Gasteiger partial charge in [-0.3, -0.25) is 4.79 Å². The normalized spacial score (nSPS) is 14.1. The lowest BCUT2D eigenvalue weighted by atomic mass is 10.2. The molecule has 1 saturated heterocycles. The lowest BCUT2D eigenvalue weighted by molar-refractivity contribution is -0.131. The Hall–Kier alpha value is -3.53. The van der Waals surface area contributed by atoms with E-state index in [0.717, 1.165) is 40.4 Å². The molecule has 0 spiro atoms. The van der Waals surface area contributed by atoms with Crippen LogP contribution in [0.4, 0.5) is 5.82 Å². The Labute approximate surface area is 195 Å². The molecule has 0 atom stereocenters. The van der Waals surface area contributed by atoms with Gasteiger partial charge in [-0.25, -0.2) is 9.97 Å². The summed E-state index contributed by atoms with van der Waals surface area (Å²) >= 11 is 1.62. The number of carbonyl (C=O) groups is 1. The van der Waals surface area contributed by atoms with Crippen LogP contribution in [0.3, 0.4) is 0 Å². The molecule has 5 rings (SSSR count). The number of rotatable bonds is 7. The maximum atomic E-state index is 12.7. The summed E-state index contributed by atoms with van der Waals surface area (Å²) in [6.07, 6.45) is 3.32. The van der Waals surface area contributed by atoms with Crippen molar-refractivity contribution in [1.82, 2.24) is 25.0 Å². The van der Waals surface area contributed by atoms with Gasteiger partial charge in [0.1, 0.15) is 22.7 Å². The average molecular weight is 465 g/mol. The molecule has 0 aliphatic carbocycles. The van der Waals surface area contributed by atoms with Gasteiger partial charge in [0.2, 0.25) is 17.6 Å². The Balaban J connectivity index is 1.10. The van der Waals surface area contributed by atoms with Crippen molar-refractivity contribution in [3.63, 3.8) is 0 Å². The molecule has 3 aromatic heterocycles. The molecule has 0 unspecified atom stereocenters. The van der Waals surface area contributed by atoms with Gasteiger partial charge in [-0.05, 0) is 42.1 Å². The van der Waals surface area contributed by atoms with Crippen molar-refractivity contribution >= 4 is 33.3 Å². The Bertz CT molecular complexity index is 1230. The average Bonchev–Trinajstić information content (AvgIpc) is 3.54. The molecule has 0 N–H and O–H groups in total. The lowest BCUT2D eigenvalue weighted by Gasteiger charge is -2.35. The number of ether oxygens (including phenoxy) is 1. The molecule has 4 aromatic rings. The summed E-state index contributed by atoms with van der Waals surface area (Å²) in [6, 6.07) is 9.56. The fourth-order valence-electron chi connectivity index (χ4n) is 3.96. The highest BCUT2D eigenvalue weighted by molar-refractivity contribution is 7.16. The molecule has 33 heavy (non-hydrogen) atoms. The second-order valence-electron chi connectivity index (χ2n) is 7.80. The summed E-state index contributed by atoms with van der Waals surface area (Å²) < 4.78 is 10.5. The Kier molecular flexibility index (Phi) is 6.16. The number of carbonyl (C=O) groups excluding carboxylic acids is 1. The minimum absolute atomic E-state index is 0.160. The first-order chi connectivity index (χ1) is 16.2. The predicted molar refractivity (Wildman–Crippen MR) is 125 cm³/mol. The predicted octanol–water partition coefficient (Wildman–Crippen LogP) is 3.42. The highest BCUT2D eigenvalue weighted by Gasteiger charge is 2.23. The standard InChI is InChI=1S/C23H24N6O3S/c1-31-17-7-5-16(6-8-17)21-26-19(32-27-21)3-2-4-20(30)28-10-12-29(13-11-28)22-18-9-14-33-23(18)25-15-24-22/h5-9,14-15H,2-4,10-13H2,1H3. The quantitative estimate of drug-likeness (QED) is 0.410. The third kappa shape index (κ3) is 4.65. The summed E-state index contributed by atoms with van der Waals surface area (Å²) in [5.41, 5.74) is 0.864. The van der Waals surface area contributed by atoms with Crippen LogP contribution < -0.4 is 9.64 Å². The van der Waals surface area contributed by atoms with Crippen molar-refractivity contribution in [3.05, 3.63) is 47.9 Å². The molecular weight excluding hydrogens is 440 g/mol. The van der Waals surface area contributed by atoms with Gasteiger partial charge < -0.3 is 19.1 Å². The van der Waals surface area contributed by atoms with E-state index in [1.165, 1.54) is 0 Å². The van der Waals surface area contributed by atoms with Crippen molar-refractivity contribution < 1.29 is 14.1 Å². The van der Waals surface area contributed by atoms with Crippen LogP contribution in [0.2, 0.25) is 0 Å². The van der Waals surface area contributed by atoms with Crippen molar-refractivity contribution in [2.75, 3.05) is 38.2 Å². The van der Waals surface area contributed by atoms with Crippen LogP contribution >= 0.6 is 11.3 Å². The van der Waals surface area contributed by atoms with Crippen LogP contribution in [0.5, 0.6) is 5.75 Å². The summed E-state index contributed by atoms with van der Waals surface area (Å²) in [4.78, 5) is 31.1. The summed E-state index contributed by atoms with van der Waals surface area (Å²) in [6.45, 7) is 2.92. The van der Waals surface area contributed by atoms with E-state index in [0.29, 0.717) is 44.1 Å². The number of thiophene rings is 1. The van der Waals surface area contributed by atoms with E-state index in [9.17, 15) is 4.79 Å². The lowest BCUT2D eigenvalue weighted by Crippen LogP contribution is -2.49. The van der Waals surface area contributed by atoms with Crippen molar-refractivity contribution in [1.29, 1.82) is 0 Å². The minimum atomic E-state index is 0.160. The smallest absolute Gasteiger partial charge is 0.226 e. The maximum Gasteiger partial charge on any atom is 0.226 e. The van der Waals surface area contributed by atoms with E-state index in [1.54, 1.807) is 24.8 Å². The third-order valence-corrected chi connectivity index (χ3v) is 6.59.